The number of hydrogen-bond donors (Lipinski definition) is 0. The molecule has 35 heavy (non-hydrogen) atoms. The van der Waals surface area contributed by atoms with E-state index in [1.165, 1.54) is 70.6 Å². The lowest BCUT2D eigenvalue weighted by atomic mass is 9.80. The van der Waals surface area contributed by atoms with Gasteiger partial charge in [0.15, 0.2) is 0 Å². The topological polar surface area (TPSA) is 0 Å². The van der Waals surface area contributed by atoms with Gasteiger partial charge in [-0.1, -0.05) is 139 Å². The average Bonchev–Trinajstić information content (AvgIpc) is 3.29. The van der Waals surface area contributed by atoms with Crippen LogP contribution in [0.4, 0.5) is 0 Å². The summed E-state index contributed by atoms with van der Waals surface area (Å²) in [5, 5.41) is 0. The first kappa shape index (κ1) is 41.6. The van der Waals surface area contributed by atoms with E-state index >= 15 is 0 Å². The first-order valence-electron chi connectivity index (χ1n) is 15.7. The predicted molar refractivity (Wildman–Crippen MR) is 169 cm³/mol. The molecule has 0 spiro atoms. The van der Waals surface area contributed by atoms with E-state index in [-0.39, 0.29) is 7.43 Å². The summed E-state index contributed by atoms with van der Waals surface area (Å²) in [5.74, 6) is 5.67. The summed E-state index contributed by atoms with van der Waals surface area (Å²) in [6.45, 7) is 28.2. The minimum Gasteiger partial charge on any atom is -0.0887 e. The molecule has 2 fully saturated rings. The largest absolute Gasteiger partial charge is 0.0887 e. The fraction of sp³-hybridized carbons (Fsp3) is 0.886. The highest BCUT2D eigenvalue weighted by Gasteiger charge is 2.29. The molecule has 2 aliphatic carbocycles. The van der Waals surface area contributed by atoms with Crippen molar-refractivity contribution in [3.05, 3.63) is 23.8 Å². The van der Waals surface area contributed by atoms with Gasteiger partial charge in [-0.3, -0.25) is 0 Å². The molecule has 0 aromatic rings. The second-order valence-corrected chi connectivity index (χ2v) is 10.5. The van der Waals surface area contributed by atoms with Gasteiger partial charge in [-0.2, -0.15) is 0 Å². The number of hydrogen-bond acceptors (Lipinski definition) is 0. The highest BCUT2D eigenvalue weighted by molar-refractivity contribution is 4.96. The minimum atomic E-state index is 0. The quantitative estimate of drug-likeness (QED) is 0.294. The Morgan fingerprint density at radius 1 is 0.886 bits per heavy atom. The van der Waals surface area contributed by atoms with Gasteiger partial charge in [0.2, 0.25) is 0 Å². The SMILES string of the molecule is C.C/C=C(/C)CCC(CC)C1CCCC1C.CC.CC.CC.CC(C)CC=CC1CCCC(C)C1. The van der Waals surface area contributed by atoms with Gasteiger partial charge in [-0.25, -0.2) is 0 Å². The molecule has 0 saturated heterocycles. The third-order valence-electron chi connectivity index (χ3n) is 7.45. The Labute approximate surface area is 227 Å². The first-order chi connectivity index (χ1) is 16.4. The molecule has 0 nitrogen and oxygen atoms in total. The smallest absolute Gasteiger partial charge is 0.0231 e. The lowest BCUT2D eigenvalue weighted by Gasteiger charge is -2.26. The summed E-state index contributed by atoms with van der Waals surface area (Å²) in [7, 11) is 0. The van der Waals surface area contributed by atoms with Crippen LogP contribution in [0, 0.1) is 35.5 Å². The molecule has 0 bridgehead atoms. The Kier molecular flexibility index (Phi) is 35.3. The van der Waals surface area contributed by atoms with Crippen LogP contribution in [0.3, 0.4) is 0 Å². The summed E-state index contributed by atoms with van der Waals surface area (Å²) in [6, 6.07) is 0. The Morgan fingerprint density at radius 2 is 1.46 bits per heavy atom. The predicted octanol–water partition coefficient (Wildman–Crippen LogP) is 13.3. The molecular formula is C35H74. The van der Waals surface area contributed by atoms with Gasteiger partial charge in [0.05, 0.1) is 0 Å². The van der Waals surface area contributed by atoms with Gasteiger partial charge in [-0.15, -0.1) is 0 Å². The number of allylic oxidation sites excluding steroid dienone is 4. The van der Waals surface area contributed by atoms with Gasteiger partial charge in [0, 0.05) is 0 Å². The second-order valence-electron chi connectivity index (χ2n) is 10.5. The molecule has 5 atom stereocenters. The highest BCUT2D eigenvalue weighted by atomic mass is 14.3. The number of rotatable bonds is 8. The van der Waals surface area contributed by atoms with Crippen molar-refractivity contribution in [1.82, 2.24) is 0 Å². The van der Waals surface area contributed by atoms with Crippen molar-refractivity contribution in [2.45, 2.75) is 168 Å². The van der Waals surface area contributed by atoms with Crippen molar-refractivity contribution in [2.24, 2.45) is 35.5 Å². The van der Waals surface area contributed by atoms with Crippen LogP contribution in [-0.2, 0) is 0 Å². The Balaban J connectivity index is -0.000000222. The van der Waals surface area contributed by atoms with E-state index in [0.717, 1.165) is 35.5 Å². The molecule has 2 aliphatic rings. The monoisotopic (exact) mass is 495 g/mol. The lowest BCUT2D eigenvalue weighted by molar-refractivity contribution is 0.253. The standard InChI is InChI=1S/C15H28.C13H24.3C2H6.CH4/c1-5-12(3)10-11-14(6-2)15-9-7-8-13(15)4;1-11(2)6-4-8-13-9-5-7-12(3)10-13;3*1-2;/h5,13-15H,6-11H2,1-4H3;4,8,11-13H,5-7,9-10H2,1-3H3;3*1-2H3;1H4/b12-5-;;;;;. The van der Waals surface area contributed by atoms with E-state index in [4.69, 9.17) is 0 Å². The molecule has 5 unspecified atom stereocenters. The minimum absolute atomic E-state index is 0. The molecule has 0 heteroatoms. The molecular weight excluding hydrogens is 420 g/mol. The summed E-state index contributed by atoms with van der Waals surface area (Å²) >= 11 is 0. The van der Waals surface area contributed by atoms with E-state index in [9.17, 15) is 0 Å². The third-order valence-corrected chi connectivity index (χ3v) is 7.45. The zero-order chi connectivity index (χ0) is 26.9. The molecule has 214 valence electrons. The summed E-state index contributed by atoms with van der Waals surface area (Å²) in [6.07, 6.45) is 22.7. The van der Waals surface area contributed by atoms with Gasteiger partial charge < -0.3 is 0 Å². The van der Waals surface area contributed by atoms with E-state index in [1.54, 1.807) is 5.57 Å². The average molecular weight is 495 g/mol. The van der Waals surface area contributed by atoms with Crippen molar-refractivity contribution in [3.8, 4) is 0 Å². The Morgan fingerprint density at radius 3 is 1.89 bits per heavy atom. The van der Waals surface area contributed by atoms with E-state index in [1.807, 2.05) is 41.5 Å². The molecule has 2 saturated carbocycles. The molecule has 0 heterocycles. The Hall–Kier alpha value is -0.520. The van der Waals surface area contributed by atoms with Gasteiger partial charge in [0.1, 0.15) is 0 Å². The lowest BCUT2D eigenvalue weighted by Crippen LogP contribution is -2.16. The summed E-state index contributed by atoms with van der Waals surface area (Å²) in [5.41, 5.74) is 1.57. The van der Waals surface area contributed by atoms with Crippen LogP contribution in [0.15, 0.2) is 23.8 Å². The molecule has 0 radical (unpaired) electrons. The fourth-order valence-corrected chi connectivity index (χ4v) is 5.35. The van der Waals surface area contributed by atoms with Crippen molar-refractivity contribution in [2.75, 3.05) is 0 Å². The zero-order valence-corrected chi connectivity index (χ0v) is 26.5. The second kappa shape index (κ2) is 29.7. The van der Waals surface area contributed by atoms with Crippen LogP contribution in [0.5, 0.6) is 0 Å². The maximum atomic E-state index is 2.47. The van der Waals surface area contributed by atoms with Crippen LogP contribution in [0.1, 0.15) is 168 Å². The van der Waals surface area contributed by atoms with Crippen molar-refractivity contribution >= 4 is 0 Å². The maximum Gasteiger partial charge on any atom is -0.0231 e. The van der Waals surface area contributed by atoms with E-state index in [2.05, 4.69) is 66.7 Å². The van der Waals surface area contributed by atoms with Gasteiger partial charge in [-0.05, 0) is 87.9 Å². The van der Waals surface area contributed by atoms with Crippen LogP contribution in [0.25, 0.3) is 0 Å². The van der Waals surface area contributed by atoms with Crippen molar-refractivity contribution < 1.29 is 0 Å². The van der Waals surface area contributed by atoms with Crippen LogP contribution in [-0.4, -0.2) is 0 Å². The molecule has 0 aromatic heterocycles. The molecule has 0 N–H and O–H groups in total. The van der Waals surface area contributed by atoms with Gasteiger partial charge in [0.25, 0.3) is 0 Å². The molecule has 0 aliphatic heterocycles. The van der Waals surface area contributed by atoms with Crippen LogP contribution < -0.4 is 0 Å². The van der Waals surface area contributed by atoms with Crippen LogP contribution >= 0.6 is 0 Å². The van der Waals surface area contributed by atoms with Gasteiger partial charge >= 0.3 is 0 Å². The van der Waals surface area contributed by atoms with Crippen molar-refractivity contribution in [1.29, 1.82) is 0 Å². The maximum absolute atomic E-state index is 2.47. The molecule has 0 aromatic carbocycles. The van der Waals surface area contributed by atoms with Crippen molar-refractivity contribution in [3.63, 3.8) is 0 Å². The fourth-order valence-electron chi connectivity index (χ4n) is 5.35. The molecule has 2 rings (SSSR count). The van der Waals surface area contributed by atoms with Crippen LogP contribution in [0.2, 0.25) is 0 Å². The normalized spacial score (nSPS) is 24.3. The zero-order valence-electron chi connectivity index (χ0n) is 26.5. The third kappa shape index (κ3) is 22.4. The summed E-state index contributed by atoms with van der Waals surface area (Å²) < 4.78 is 0. The first-order valence-corrected chi connectivity index (χ1v) is 15.7. The summed E-state index contributed by atoms with van der Waals surface area (Å²) in [4.78, 5) is 0. The molecule has 0 amide bonds. The van der Waals surface area contributed by atoms with E-state index < -0.39 is 0 Å². The Bertz CT molecular complexity index is 441. The highest BCUT2D eigenvalue weighted by Crippen LogP contribution is 2.40. The van der Waals surface area contributed by atoms with E-state index in [0.29, 0.717) is 0 Å².